The van der Waals surface area contributed by atoms with Crippen molar-refractivity contribution < 1.29 is 19.1 Å². The molecule has 0 saturated heterocycles. The Kier molecular flexibility index (Phi) is 11.2. The number of hydrogen-bond acceptors (Lipinski definition) is 5. The summed E-state index contributed by atoms with van der Waals surface area (Å²) in [5.41, 5.74) is 5.87. The van der Waals surface area contributed by atoms with Gasteiger partial charge in [-0.2, -0.15) is 0 Å². The molecule has 2 aromatic rings. The molecule has 0 aliphatic heterocycles. The topological polar surface area (TPSA) is 88.7 Å². The van der Waals surface area contributed by atoms with Gasteiger partial charge in [0.1, 0.15) is 11.5 Å². The highest BCUT2D eigenvalue weighted by Gasteiger charge is 2.11. The number of carbonyl (C=O) groups is 2. The van der Waals surface area contributed by atoms with E-state index >= 15 is 0 Å². The van der Waals surface area contributed by atoms with E-state index < -0.39 is 5.91 Å². The van der Waals surface area contributed by atoms with Crippen molar-refractivity contribution in [2.24, 2.45) is 0 Å². The fourth-order valence-electron chi connectivity index (χ4n) is 2.81. The standard InChI is InChI=1S/C25H33N3O4S/c1-4-6-7-8-17-31-21-13-9-20(10-14-21)24(30)27-28-25(33)26-23(29)19-11-15-22(16-12-19)32-18(3)5-2/h9-16,18H,4-8,17H2,1-3H3,(H,27,30)(H2,26,28,29,33). The van der Waals surface area contributed by atoms with Gasteiger partial charge in [0.2, 0.25) is 0 Å². The van der Waals surface area contributed by atoms with Gasteiger partial charge >= 0.3 is 0 Å². The molecule has 0 heterocycles. The van der Waals surface area contributed by atoms with Crippen LogP contribution in [0.25, 0.3) is 0 Å². The number of hydrogen-bond donors (Lipinski definition) is 3. The second-order valence-corrected chi connectivity index (χ2v) is 8.07. The number of hydrazine groups is 1. The van der Waals surface area contributed by atoms with Gasteiger partial charge in [-0.15, -0.1) is 0 Å². The number of thiocarbonyl (C=S) groups is 1. The zero-order chi connectivity index (χ0) is 24.1. The molecule has 2 aromatic carbocycles. The van der Waals surface area contributed by atoms with E-state index in [-0.39, 0.29) is 17.1 Å². The van der Waals surface area contributed by atoms with Crippen molar-refractivity contribution >= 4 is 29.1 Å². The number of benzene rings is 2. The van der Waals surface area contributed by atoms with Crippen molar-refractivity contribution in [1.82, 2.24) is 16.2 Å². The zero-order valence-corrected chi connectivity index (χ0v) is 20.3. The third-order valence-electron chi connectivity index (χ3n) is 4.93. The van der Waals surface area contributed by atoms with Crippen LogP contribution in [-0.4, -0.2) is 29.6 Å². The second kappa shape index (κ2) is 14.1. The maximum absolute atomic E-state index is 12.3. The molecule has 0 aromatic heterocycles. The average Bonchev–Trinajstić information content (AvgIpc) is 2.83. The maximum atomic E-state index is 12.3. The molecule has 0 bridgehead atoms. The minimum Gasteiger partial charge on any atom is -0.494 e. The molecule has 0 aliphatic rings. The highest BCUT2D eigenvalue weighted by Crippen LogP contribution is 2.15. The van der Waals surface area contributed by atoms with E-state index in [1.165, 1.54) is 12.8 Å². The Balaban J connectivity index is 1.75. The molecule has 1 unspecified atom stereocenters. The van der Waals surface area contributed by atoms with Gasteiger partial charge in [-0.1, -0.05) is 33.1 Å². The Hall–Kier alpha value is -3.13. The summed E-state index contributed by atoms with van der Waals surface area (Å²) in [6.07, 6.45) is 5.55. The summed E-state index contributed by atoms with van der Waals surface area (Å²) in [5, 5.41) is 2.51. The predicted octanol–water partition coefficient (Wildman–Crippen LogP) is 4.77. The molecule has 8 heteroatoms. The molecule has 2 rings (SSSR count). The van der Waals surface area contributed by atoms with Gasteiger partial charge in [0.25, 0.3) is 11.8 Å². The Labute approximate surface area is 201 Å². The monoisotopic (exact) mass is 471 g/mol. The number of carbonyl (C=O) groups excluding carboxylic acids is 2. The van der Waals surface area contributed by atoms with Crippen LogP contribution in [0.15, 0.2) is 48.5 Å². The third-order valence-corrected chi connectivity index (χ3v) is 5.13. The summed E-state index contributed by atoms with van der Waals surface area (Å²) < 4.78 is 11.4. The van der Waals surface area contributed by atoms with Gasteiger partial charge in [-0.3, -0.25) is 25.8 Å². The lowest BCUT2D eigenvalue weighted by Crippen LogP contribution is -2.48. The van der Waals surface area contributed by atoms with E-state index in [0.29, 0.717) is 23.5 Å². The van der Waals surface area contributed by atoms with Crippen LogP contribution in [0.2, 0.25) is 0 Å². The molecular weight excluding hydrogens is 438 g/mol. The molecule has 0 radical (unpaired) electrons. The fourth-order valence-corrected chi connectivity index (χ4v) is 2.96. The minimum absolute atomic E-state index is 0.0136. The number of amides is 2. The smallest absolute Gasteiger partial charge is 0.269 e. The molecule has 0 fully saturated rings. The van der Waals surface area contributed by atoms with Crippen molar-refractivity contribution in [2.45, 2.75) is 59.0 Å². The zero-order valence-electron chi connectivity index (χ0n) is 19.5. The minimum atomic E-state index is -0.391. The van der Waals surface area contributed by atoms with Crippen molar-refractivity contribution in [2.75, 3.05) is 6.61 Å². The first-order valence-corrected chi connectivity index (χ1v) is 11.7. The Bertz CT molecular complexity index is 901. The van der Waals surface area contributed by atoms with Gasteiger partial charge in [0.05, 0.1) is 12.7 Å². The van der Waals surface area contributed by atoms with Crippen molar-refractivity contribution in [3.63, 3.8) is 0 Å². The van der Waals surface area contributed by atoms with E-state index in [1.54, 1.807) is 48.5 Å². The van der Waals surface area contributed by atoms with Crippen molar-refractivity contribution in [3.05, 3.63) is 59.7 Å². The van der Waals surface area contributed by atoms with Crippen molar-refractivity contribution in [1.29, 1.82) is 0 Å². The molecule has 0 aliphatic carbocycles. The Morgan fingerprint density at radius 2 is 1.45 bits per heavy atom. The molecule has 178 valence electrons. The summed E-state index contributed by atoms with van der Waals surface area (Å²) in [4.78, 5) is 24.6. The summed E-state index contributed by atoms with van der Waals surface area (Å²) in [6, 6.07) is 13.6. The van der Waals surface area contributed by atoms with Crippen LogP contribution in [0.4, 0.5) is 0 Å². The Morgan fingerprint density at radius 3 is 2.06 bits per heavy atom. The summed E-state index contributed by atoms with van der Waals surface area (Å²) in [5.74, 6) is 0.644. The van der Waals surface area contributed by atoms with Crippen LogP contribution in [0, 0.1) is 0 Å². The second-order valence-electron chi connectivity index (χ2n) is 7.66. The molecule has 3 N–H and O–H groups in total. The molecule has 7 nitrogen and oxygen atoms in total. The van der Waals surface area contributed by atoms with Crippen LogP contribution in [0.1, 0.15) is 73.6 Å². The van der Waals surface area contributed by atoms with Crippen LogP contribution < -0.4 is 25.6 Å². The normalized spacial score (nSPS) is 11.2. The first-order valence-electron chi connectivity index (χ1n) is 11.3. The van der Waals surface area contributed by atoms with Crippen LogP contribution in [0.5, 0.6) is 11.5 Å². The van der Waals surface area contributed by atoms with Crippen LogP contribution in [-0.2, 0) is 0 Å². The molecule has 2 amide bonds. The summed E-state index contributed by atoms with van der Waals surface area (Å²) in [6.45, 7) is 6.85. The van der Waals surface area contributed by atoms with Gasteiger partial charge in [-0.05, 0) is 80.5 Å². The highest BCUT2D eigenvalue weighted by atomic mass is 32.1. The maximum Gasteiger partial charge on any atom is 0.269 e. The van der Waals surface area contributed by atoms with Gasteiger partial charge in [-0.25, -0.2) is 0 Å². The summed E-state index contributed by atoms with van der Waals surface area (Å²) >= 11 is 5.09. The van der Waals surface area contributed by atoms with Gasteiger partial charge in [0, 0.05) is 11.1 Å². The largest absolute Gasteiger partial charge is 0.494 e. The molecule has 33 heavy (non-hydrogen) atoms. The SMILES string of the molecule is CCCCCCOc1ccc(C(=O)NNC(=S)NC(=O)c2ccc(OC(C)CC)cc2)cc1. The van der Waals surface area contributed by atoms with Crippen LogP contribution in [0.3, 0.4) is 0 Å². The molecule has 0 spiro atoms. The predicted molar refractivity (Wildman–Crippen MR) is 134 cm³/mol. The summed E-state index contributed by atoms with van der Waals surface area (Å²) in [7, 11) is 0. The van der Waals surface area contributed by atoms with E-state index in [4.69, 9.17) is 21.7 Å². The molecule has 1 atom stereocenters. The third kappa shape index (κ3) is 9.49. The van der Waals surface area contributed by atoms with E-state index in [0.717, 1.165) is 25.0 Å². The highest BCUT2D eigenvalue weighted by molar-refractivity contribution is 7.80. The lowest BCUT2D eigenvalue weighted by Gasteiger charge is -2.13. The lowest BCUT2D eigenvalue weighted by atomic mass is 10.2. The first-order chi connectivity index (χ1) is 15.9. The van der Waals surface area contributed by atoms with E-state index in [1.807, 2.05) is 13.8 Å². The van der Waals surface area contributed by atoms with Crippen molar-refractivity contribution in [3.8, 4) is 11.5 Å². The quantitative estimate of drug-likeness (QED) is 0.248. The fraction of sp³-hybridized carbons (Fsp3) is 0.400. The van der Waals surface area contributed by atoms with Gasteiger partial charge < -0.3 is 9.47 Å². The first kappa shape index (κ1) is 26.1. The van der Waals surface area contributed by atoms with Gasteiger partial charge in [0.15, 0.2) is 5.11 Å². The lowest BCUT2D eigenvalue weighted by molar-refractivity contribution is 0.0934. The number of rotatable bonds is 11. The van der Waals surface area contributed by atoms with E-state index in [9.17, 15) is 9.59 Å². The number of nitrogens with one attached hydrogen (secondary N) is 3. The Morgan fingerprint density at radius 1 is 0.848 bits per heavy atom. The number of ether oxygens (including phenoxy) is 2. The number of unbranched alkanes of at least 4 members (excludes halogenated alkanes) is 3. The average molecular weight is 472 g/mol. The van der Waals surface area contributed by atoms with E-state index in [2.05, 4.69) is 23.1 Å². The molecule has 0 saturated carbocycles. The molecular formula is C25H33N3O4S. The van der Waals surface area contributed by atoms with Crippen LogP contribution >= 0.6 is 12.2 Å².